The standard InChI is InChI=1S/C21H25N5O4S/c1-12(27)10-22-15-7-4-13(8-18(15)31(3,29)30)16-9-17-19(21(28)26(2)11-23-17)20(25-16)24-14-5-6-14/h4,7-9,11-12,14,22,27H,5-6,10H2,1-3H3,(H,24,25)/t12-/m0/s1. The summed E-state index contributed by atoms with van der Waals surface area (Å²) in [6.07, 6.45) is 3.99. The molecule has 2 aromatic heterocycles. The molecule has 1 fully saturated rings. The molecule has 0 unspecified atom stereocenters. The average molecular weight is 444 g/mol. The molecule has 0 aliphatic heterocycles. The van der Waals surface area contributed by atoms with Crippen molar-refractivity contribution in [3.05, 3.63) is 40.9 Å². The summed E-state index contributed by atoms with van der Waals surface area (Å²) >= 11 is 0. The molecule has 4 rings (SSSR count). The number of hydrogen-bond acceptors (Lipinski definition) is 8. The second-order valence-corrected chi connectivity index (χ2v) is 10.0. The van der Waals surface area contributed by atoms with Crippen LogP contribution in [0, 0.1) is 0 Å². The van der Waals surface area contributed by atoms with Crippen LogP contribution in [0.2, 0.25) is 0 Å². The molecular formula is C21H25N5O4S. The molecule has 1 atom stereocenters. The highest BCUT2D eigenvalue weighted by molar-refractivity contribution is 7.90. The highest BCUT2D eigenvalue weighted by atomic mass is 32.2. The fourth-order valence-electron chi connectivity index (χ4n) is 3.29. The Bertz CT molecular complexity index is 1310. The second-order valence-electron chi connectivity index (χ2n) is 8.04. The number of aryl methyl sites for hydroxylation is 1. The molecule has 0 saturated heterocycles. The number of rotatable bonds is 7. The molecule has 10 heteroatoms. The summed E-state index contributed by atoms with van der Waals surface area (Å²) in [6, 6.07) is 6.93. The van der Waals surface area contributed by atoms with E-state index >= 15 is 0 Å². The largest absolute Gasteiger partial charge is 0.392 e. The number of anilines is 2. The minimum Gasteiger partial charge on any atom is -0.392 e. The lowest BCUT2D eigenvalue weighted by molar-refractivity contribution is 0.208. The first-order valence-corrected chi connectivity index (χ1v) is 11.9. The van der Waals surface area contributed by atoms with Crippen LogP contribution in [0.4, 0.5) is 11.5 Å². The third kappa shape index (κ3) is 4.54. The van der Waals surface area contributed by atoms with E-state index in [2.05, 4.69) is 20.6 Å². The number of benzene rings is 1. The number of hydrogen-bond donors (Lipinski definition) is 3. The minimum atomic E-state index is -3.54. The summed E-state index contributed by atoms with van der Waals surface area (Å²) < 4.78 is 26.2. The Morgan fingerprint density at radius 3 is 2.68 bits per heavy atom. The van der Waals surface area contributed by atoms with Gasteiger partial charge in [-0.25, -0.2) is 18.4 Å². The lowest BCUT2D eigenvalue weighted by Gasteiger charge is -2.15. The molecule has 1 aromatic carbocycles. The highest BCUT2D eigenvalue weighted by Crippen LogP contribution is 2.32. The van der Waals surface area contributed by atoms with Gasteiger partial charge in [0.15, 0.2) is 9.84 Å². The van der Waals surface area contributed by atoms with Crippen LogP contribution in [0.15, 0.2) is 40.3 Å². The van der Waals surface area contributed by atoms with E-state index in [0.717, 1.165) is 19.1 Å². The predicted molar refractivity (Wildman–Crippen MR) is 120 cm³/mol. The van der Waals surface area contributed by atoms with Gasteiger partial charge in [0.2, 0.25) is 0 Å². The Labute approximate surface area is 180 Å². The number of aromatic nitrogens is 3. The highest BCUT2D eigenvalue weighted by Gasteiger charge is 2.24. The number of nitrogens with zero attached hydrogens (tertiary/aromatic N) is 3. The number of sulfone groups is 1. The van der Waals surface area contributed by atoms with E-state index in [9.17, 15) is 18.3 Å². The van der Waals surface area contributed by atoms with Crippen LogP contribution >= 0.6 is 0 Å². The molecule has 1 aliphatic carbocycles. The van der Waals surface area contributed by atoms with E-state index in [0.29, 0.717) is 33.7 Å². The zero-order valence-electron chi connectivity index (χ0n) is 17.6. The van der Waals surface area contributed by atoms with Crippen molar-refractivity contribution in [2.45, 2.75) is 36.8 Å². The van der Waals surface area contributed by atoms with Crippen molar-refractivity contribution in [3.8, 4) is 11.3 Å². The lowest BCUT2D eigenvalue weighted by Crippen LogP contribution is -2.19. The van der Waals surface area contributed by atoms with Crippen LogP contribution in [0.1, 0.15) is 19.8 Å². The summed E-state index contributed by atoms with van der Waals surface area (Å²) in [6.45, 7) is 1.84. The molecule has 31 heavy (non-hydrogen) atoms. The first kappa shape index (κ1) is 21.3. The third-order valence-corrected chi connectivity index (χ3v) is 6.22. The Morgan fingerprint density at radius 1 is 1.29 bits per heavy atom. The van der Waals surface area contributed by atoms with Crippen LogP contribution in [0.3, 0.4) is 0 Å². The number of pyridine rings is 1. The Hall–Kier alpha value is -2.98. The maximum absolute atomic E-state index is 12.7. The van der Waals surface area contributed by atoms with E-state index in [4.69, 9.17) is 0 Å². The molecule has 1 saturated carbocycles. The Kier molecular flexibility index (Phi) is 5.44. The quantitative estimate of drug-likeness (QED) is 0.504. The Balaban J connectivity index is 1.86. The monoisotopic (exact) mass is 443 g/mol. The molecule has 164 valence electrons. The summed E-state index contributed by atoms with van der Waals surface area (Å²) in [5, 5.41) is 16.2. The zero-order valence-corrected chi connectivity index (χ0v) is 18.4. The van der Waals surface area contributed by atoms with Crippen LogP contribution in [0.5, 0.6) is 0 Å². The number of aliphatic hydroxyl groups excluding tert-OH is 1. The van der Waals surface area contributed by atoms with Crippen molar-refractivity contribution < 1.29 is 13.5 Å². The first-order chi connectivity index (χ1) is 14.6. The van der Waals surface area contributed by atoms with E-state index in [1.807, 2.05) is 0 Å². The van der Waals surface area contributed by atoms with Gasteiger partial charge in [0, 0.05) is 31.5 Å². The summed E-state index contributed by atoms with van der Waals surface area (Å²) in [5.74, 6) is 0.459. The fourth-order valence-corrected chi connectivity index (χ4v) is 4.17. The molecule has 0 radical (unpaired) electrons. The normalized spacial score (nSPS) is 15.1. The van der Waals surface area contributed by atoms with E-state index in [1.54, 1.807) is 38.2 Å². The molecule has 0 bridgehead atoms. The summed E-state index contributed by atoms with van der Waals surface area (Å²) in [4.78, 5) is 21.8. The number of nitrogens with one attached hydrogen (secondary N) is 2. The number of fused-ring (bicyclic) bond motifs is 1. The van der Waals surface area contributed by atoms with Gasteiger partial charge >= 0.3 is 0 Å². The molecular weight excluding hydrogens is 418 g/mol. The van der Waals surface area contributed by atoms with Gasteiger partial charge in [0.25, 0.3) is 5.56 Å². The SMILES string of the molecule is C[C@H](O)CNc1ccc(-c2cc3ncn(C)c(=O)c3c(NC3CC3)n2)cc1S(C)(=O)=O. The topological polar surface area (TPSA) is 126 Å². The maximum Gasteiger partial charge on any atom is 0.264 e. The number of aliphatic hydroxyl groups is 1. The zero-order chi connectivity index (χ0) is 22.3. The fraction of sp³-hybridized carbons (Fsp3) is 0.381. The van der Waals surface area contributed by atoms with Gasteiger partial charge < -0.3 is 20.3 Å². The molecule has 9 nitrogen and oxygen atoms in total. The third-order valence-electron chi connectivity index (χ3n) is 5.09. The molecule has 1 aliphatic rings. The summed E-state index contributed by atoms with van der Waals surface area (Å²) in [5.41, 5.74) is 1.82. The Morgan fingerprint density at radius 2 is 2.03 bits per heavy atom. The van der Waals surface area contributed by atoms with Crippen molar-refractivity contribution in [3.63, 3.8) is 0 Å². The van der Waals surface area contributed by atoms with Gasteiger partial charge in [-0.05, 0) is 38.0 Å². The van der Waals surface area contributed by atoms with Crippen LogP contribution in [-0.4, -0.2) is 53.0 Å². The van der Waals surface area contributed by atoms with Crippen molar-refractivity contribution in [2.75, 3.05) is 23.4 Å². The molecule has 2 heterocycles. The minimum absolute atomic E-state index is 0.112. The van der Waals surface area contributed by atoms with Gasteiger partial charge in [-0.3, -0.25) is 4.79 Å². The first-order valence-electron chi connectivity index (χ1n) is 10.0. The van der Waals surface area contributed by atoms with Gasteiger partial charge in [0.05, 0.1) is 34.2 Å². The van der Waals surface area contributed by atoms with Crippen molar-refractivity contribution in [2.24, 2.45) is 7.05 Å². The molecule has 3 aromatic rings. The van der Waals surface area contributed by atoms with E-state index < -0.39 is 15.9 Å². The lowest BCUT2D eigenvalue weighted by atomic mass is 10.1. The van der Waals surface area contributed by atoms with Gasteiger partial charge in [-0.1, -0.05) is 6.07 Å². The average Bonchev–Trinajstić information content (AvgIpc) is 3.52. The van der Waals surface area contributed by atoms with Crippen LogP contribution in [-0.2, 0) is 16.9 Å². The molecule has 0 spiro atoms. The van der Waals surface area contributed by atoms with Gasteiger partial charge in [-0.2, -0.15) is 0 Å². The van der Waals surface area contributed by atoms with Crippen molar-refractivity contribution in [1.82, 2.24) is 14.5 Å². The second kappa shape index (κ2) is 7.93. The van der Waals surface area contributed by atoms with Crippen molar-refractivity contribution in [1.29, 1.82) is 0 Å². The molecule has 0 amide bonds. The molecule has 3 N–H and O–H groups in total. The van der Waals surface area contributed by atoms with E-state index in [1.165, 1.54) is 10.9 Å². The van der Waals surface area contributed by atoms with E-state index in [-0.39, 0.29) is 23.0 Å². The maximum atomic E-state index is 12.7. The van der Waals surface area contributed by atoms with Gasteiger partial charge in [-0.15, -0.1) is 0 Å². The predicted octanol–water partition coefficient (Wildman–Crippen LogP) is 1.77. The van der Waals surface area contributed by atoms with Crippen molar-refractivity contribution >= 4 is 32.2 Å². The van der Waals surface area contributed by atoms with Crippen LogP contribution in [0.25, 0.3) is 22.2 Å². The smallest absolute Gasteiger partial charge is 0.264 e. The van der Waals surface area contributed by atoms with Gasteiger partial charge in [0.1, 0.15) is 11.2 Å². The van der Waals surface area contributed by atoms with Crippen LogP contribution < -0.4 is 16.2 Å². The summed E-state index contributed by atoms with van der Waals surface area (Å²) in [7, 11) is -1.90.